The normalized spacial score (nSPS) is 21.9. The standard InChI is InChI=1S/C15H19BrN2O2/c1-5-11-13(19)17-15(3,4)14(20)18(11)12-8-9(2)6-7-10(12)16/h6-8,11H,5H2,1-4H3,(H,17,19). The average Bonchev–Trinajstić information content (AvgIpc) is 2.36. The van der Waals surface area contributed by atoms with E-state index in [-0.39, 0.29) is 11.8 Å². The van der Waals surface area contributed by atoms with Gasteiger partial charge in [-0.15, -0.1) is 0 Å². The van der Waals surface area contributed by atoms with Gasteiger partial charge in [0.1, 0.15) is 11.6 Å². The number of benzene rings is 1. The lowest BCUT2D eigenvalue weighted by Crippen LogP contribution is -2.68. The maximum absolute atomic E-state index is 12.7. The smallest absolute Gasteiger partial charge is 0.252 e. The SMILES string of the molecule is CCC1C(=O)NC(C)(C)C(=O)N1c1cc(C)ccc1Br. The predicted octanol–water partition coefficient (Wildman–Crippen LogP) is 2.78. The maximum Gasteiger partial charge on any atom is 0.252 e. The van der Waals surface area contributed by atoms with Crippen LogP contribution in [0.4, 0.5) is 5.69 Å². The molecule has 1 aliphatic heterocycles. The first-order valence-corrected chi connectivity index (χ1v) is 7.49. The molecule has 108 valence electrons. The minimum absolute atomic E-state index is 0.0877. The van der Waals surface area contributed by atoms with Crippen LogP contribution >= 0.6 is 15.9 Å². The van der Waals surface area contributed by atoms with Crippen LogP contribution in [0.2, 0.25) is 0 Å². The summed E-state index contributed by atoms with van der Waals surface area (Å²) >= 11 is 3.48. The van der Waals surface area contributed by atoms with E-state index in [2.05, 4.69) is 21.2 Å². The molecule has 1 heterocycles. The molecule has 1 fully saturated rings. The molecule has 1 N–H and O–H groups in total. The van der Waals surface area contributed by atoms with Gasteiger partial charge >= 0.3 is 0 Å². The second-order valence-electron chi connectivity index (χ2n) is 5.67. The molecular weight excluding hydrogens is 320 g/mol. The van der Waals surface area contributed by atoms with Gasteiger partial charge in [-0.05, 0) is 60.8 Å². The topological polar surface area (TPSA) is 49.4 Å². The van der Waals surface area contributed by atoms with Gasteiger partial charge in [0.15, 0.2) is 0 Å². The molecule has 20 heavy (non-hydrogen) atoms. The number of piperazine rings is 1. The van der Waals surface area contributed by atoms with Crippen molar-refractivity contribution < 1.29 is 9.59 Å². The maximum atomic E-state index is 12.7. The van der Waals surface area contributed by atoms with Crippen molar-refractivity contribution in [1.82, 2.24) is 5.32 Å². The van der Waals surface area contributed by atoms with E-state index in [1.807, 2.05) is 32.0 Å². The summed E-state index contributed by atoms with van der Waals surface area (Å²) in [6.07, 6.45) is 0.577. The lowest BCUT2D eigenvalue weighted by Gasteiger charge is -2.42. The Hall–Kier alpha value is -1.36. The van der Waals surface area contributed by atoms with Crippen molar-refractivity contribution in [3.63, 3.8) is 0 Å². The number of rotatable bonds is 2. The van der Waals surface area contributed by atoms with Crippen LogP contribution in [0.3, 0.4) is 0 Å². The zero-order chi connectivity index (χ0) is 15.1. The molecule has 1 aromatic rings. The van der Waals surface area contributed by atoms with Crippen molar-refractivity contribution in [3.8, 4) is 0 Å². The molecule has 1 saturated heterocycles. The summed E-state index contributed by atoms with van der Waals surface area (Å²) < 4.78 is 0.820. The number of carbonyl (C=O) groups is 2. The second-order valence-corrected chi connectivity index (χ2v) is 6.52. The first-order chi connectivity index (χ1) is 9.27. The number of carbonyl (C=O) groups excluding carboxylic acids is 2. The molecule has 0 bridgehead atoms. The van der Waals surface area contributed by atoms with Crippen LogP contribution in [0.1, 0.15) is 32.8 Å². The van der Waals surface area contributed by atoms with Gasteiger partial charge in [-0.3, -0.25) is 14.5 Å². The Morgan fingerprint density at radius 1 is 1.35 bits per heavy atom. The lowest BCUT2D eigenvalue weighted by molar-refractivity contribution is -0.137. The number of halogens is 1. The highest BCUT2D eigenvalue weighted by Gasteiger charge is 2.45. The third-order valence-electron chi connectivity index (χ3n) is 3.55. The molecule has 0 aromatic heterocycles. The third kappa shape index (κ3) is 2.46. The first kappa shape index (κ1) is 15.0. The van der Waals surface area contributed by atoms with E-state index in [9.17, 15) is 9.59 Å². The van der Waals surface area contributed by atoms with Crippen molar-refractivity contribution in [2.24, 2.45) is 0 Å². The van der Waals surface area contributed by atoms with E-state index in [1.54, 1.807) is 18.7 Å². The number of aryl methyl sites for hydroxylation is 1. The fraction of sp³-hybridized carbons (Fsp3) is 0.467. The summed E-state index contributed by atoms with van der Waals surface area (Å²) in [5.74, 6) is -0.194. The Labute approximate surface area is 127 Å². The van der Waals surface area contributed by atoms with Crippen LogP contribution in [0.15, 0.2) is 22.7 Å². The summed E-state index contributed by atoms with van der Waals surface area (Å²) in [5.41, 5.74) is 0.922. The number of anilines is 1. The largest absolute Gasteiger partial charge is 0.340 e. The molecule has 2 rings (SSSR count). The highest BCUT2D eigenvalue weighted by atomic mass is 79.9. The lowest BCUT2D eigenvalue weighted by atomic mass is 9.95. The van der Waals surface area contributed by atoms with Crippen LogP contribution in [0, 0.1) is 6.92 Å². The average molecular weight is 339 g/mol. The number of amides is 2. The fourth-order valence-electron chi connectivity index (χ4n) is 2.46. The van der Waals surface area contributed by atoms with Crippen molar-refractivity contribution >= 4 is 33.4 Å². The zero-order valence-electron chi connectivity index (χ0n) is 12.2. The third-order valence-corrected chi connectivity index (χ3v) is 4.22. The minimum atomic E-state index is -0.883. The Balaban J connectivity index is 2.57. The van der Waals surface area contributed by atoms with E-state index in [4.69, 9.17) is 0 Å². The highest BCUT2D eigenvalue weighted by molar-refractivity contribution is 9.10. The summed E-state index contributed by atoms with van der Waals surface area (Å²) in [6.45, 7) is 7.34. The molecule has 0 aliphatic carbocycles. The number of nitrogens with one attached hydrogen (secondary N) is 1. The van der Waals surface area contributed by atoms with Gasteiger partial charge in [-0.2, -0.15) is 0 Å². The number of nitrogens with zero attached hydrogens (tertiary/aromatic N) is 1. The zero-order valence-corrected chi connectivity index (χ0v) is 13.7. The summed E-state index contributed by atoms with van der Waals surface area (Å²) in [5, 5.41) is 2.79. The van der Waals surface area contributed by atoms with Gasteiger partial charge in [0.2, 0.25) is 5.91 Å². The molecule has 5 heteroatoms. The van der Waals surface area contributed by atoms with Crippen LogP contribution in [0.5, 0.6) is 0 Å². The molecule has 1 unspecified atom stereocenters. The van der Waals surface area contributed by atoms with Gasteiger partial charge in [0.05, 0.1) is 5.69 Å². The number of hydrogen-bond acceptors (Lipinski definition) is 2. The Morgan fingerprint density at radius 2 is 2.00 bits per heavy atom. The van der Waals surface area contributed by atoms with Crippen LogP contribution < -0.4 is 10.2 Å². The van der Waals surface area contributed by atoms with Crippen molar-refractivity contribution in [3.05, 3.63) is 28.2 Å². The van der Waals surface area contributed by atoms with E-state index in [1.165, 1.54) is 0 Å². The van der Waals surface area contributed by atoms with Crippen LogP contribution in [-0.4, -0.2) is 23.4 Å². The fourth-order valence-corrected chi connectivity index (χ4v) is 2.89. The molecule has 4 nitrogen and oxygen atoms in total. The molecule has 0 spiro atoms. The van der Waals surface area contributed by atoms with Gasteiger partial charge < -0.3 is 5.32 Å². The van der Waals surface area contributed by atoms with E-state index in [0.717, 1.165) is 15.7 Å². The summed E-state index contributed by atoms with van der Waals surface area (Å²) in [4.78, 5) is 26.6. The molecule has 1 aliphatic rings. The quantitative estimate of drug-likeness (QED) is 0.901. The Morgan fingerprint density at radius 3 is 2.60 bits per heavy atom. The predicted molar refractivity (Wildman–Crippen MR) is 82.7 cm³/mol. The molecule has 1 atom stereocenters. The summed E-state index contributed by atoms with van der Waals surface area (Å²) in [6, 6.07) is 5.34. The van der Waals surface area contributed by atoms with Gasteiger partial charge in [-0.25, -0.2) is 0 Å². The van der Waals surface area contributed by atoms with E-state index < -0.39 is 11.6 Å². The molecule has 0 radical (unpaired) electrons. The molecule has 0 saturated carbocycles. The van der Waals surface area contributed by atoms with E-state index >= 15 is 0 Å². The van der Waals surface area contributed by atoms with Crippen molar-refractivity contribution in [2.45, 2.75) is 45.7 Å². The Kier molecular flexibility index (Phi) is 3.91. The van der Waals surface area contributed by atoms with Gasteiger partial charge in [0, 0.05) is 4.47 Å². The van der Waals surface area contributed by atoms with Crippen LogP contribution in [0.25, 0.3) is 0 Å². The highest BCUT2D eigenvalue weighted by Crippen LogP contribution is 2.33. The van der Waals surface area contributed by atoms with Gasteiger partial charge in [-0.1, -0.05) is 13.0 Å². The summed E-state index contributed by atoms with van der Waals surface area (Å²) in [7, 11) is 0. The Bertz CT molecular complexity index is 569. The van der Waals surface area contributed by atoms with E-state index in [0.29, 0.717) is 6.42 Å². The van der Waals surface area contributed by atoms with Gasteiger partial charge in [0.25, 0.3) is 5.91 Å². The number of hydrogen-bond donors (Lipinski definition) is 1. The van der Waals surface area contributed by atoms with Crippen molar-refractivity contribution in [1.29, 1.82) is 0 Å². The molecule has 2 amide bonds. The first-order valence-electron chi connectivity index (χ1n) is 6.69. The molecular formula is C15H19BrN2O2. The monoisotopic (exact) mass is 338 g/mol. The van der Waals surface area contributed by atoms with Crippen molar-refractivity contribution in [2.75, 3.05) is 4.90 Å². The minimum Gasteiger partial charge on any atom is -0.340 e. The molecule has 1 aromatic carbocycles. The van der Waals surface area contributed by atoms with Crippen LogP contribution in [-0.2, 0) is 9.59 Å². The second kappa shape index (κ2) is 5.20.